The van der Waals surface area contributed by atoms with Gasteiger partial charge in [-0.15, -0.1) is 0 Å². The normalized spacial score (nSPS) is 10.8. The molecule has 1 amide bonds. The number of nitrogens with one attached hydrogen (secondary N) is 1. The van der Waals surface area contributed by atoms with Crippen molar-refractivity contribution in [1.82, 2.24) is 5.32 Å². The smallest absolute Gasteiger partial charge is 0.299 e. The molecular formula is C13H15NO3. The van der Waals surface area contributed by atoms with Crippen LogP contribution in [0.1, 0.15) is 24.2 Å². The van der Waals surface area contributed by atoms with E-state index in [0.29, 0.717) is 11.1 Å². The van der Waals surface area contributed by atoms with Crippen LogP contribution in [0.25, 0.3) is 11.0 Å². The van der Waals surface area contributed by atoms with Gasteiger partial charge in [0.15, 0.2) is 0 Å². The molecule has 0 fully saturated rings. The Morgan fingerprint density at radius 1 is 1.35 bits per heavy atom. The maximum Gasteiger partial charge on any atom is 0.299 e. The molecule has 0 spiro atoms. The SMILES string of the molecule is CNC(=O)c1c(OC(C)C)oc2ccccc12. The van der Waals surface area contributed by atoms with Crippen LogP contribution in [0.2, 0.25) is 0 Å². The number of para-hydroxylation sites is 1. The topological polar surface area (TPSA) is 51.5 Å². The number of hydrogen-bond acceptors (Lipinski definition) is 3. The summed E-state index contributed by atoms with van der Waals surface area (Å²) in [6.07, 6.45) is -0.0426. The van der Waals surface area contributed by atoms with Gasteiger partial charge in [0.1, 0.15) is 11.1 Å². The molecule has 4 nitrogen and oxygen atoms in total. The lowest BCUT2D eigenvalue weighted by molar-refractivity contribution is 0.0953. The third kappa shape index (κ3) is 2.11. The highest BCUT2D eigenvalue weighted by Gasteiger charge is 2.21. The van der Waals surface area contributed by atoms with Crippen LogP contribution in [0.4, 0.5) is 0 Å². The highest BCUT2D eigenvalue weighted by molar-refractivity contribution is 6.08. The van der Waals surface area contributed by atoms with E-state index >= 15 is 0 Å². The van der Waals surface area contributed by atoms with Gasteiger partial charge in [-0.25, -0.2) is 0 Å². The minimum atomic E-state index is -0.203. The van der Waals surface area contributed by atoms with Crippen molar-refractivity contribution in [2.45, 2.75) is 20.0 Å². The summed E-state index contributed by atoms with van der Waals surface area (Å²) in [6, 6.07) is 7.38. The van der Waals surface area contributed by atoms with Crippen LogP contribution >= 0.6 is 0 Å². The van der Waals surface area contributed by atoms with Crippen LogP contribution in [0.5, 0.6) is 5.95 Å². The van der Waals surface area contributed by atoms with Gasteiger partial charge in [-0.2, -0.15) is 0 Å². The molecule has 0 saturated heterocycles. The number of hydrogen-bond donors (Lipinski definition) is 1. The van der Waals surface area contributed by atoms with E-state index in [9.17, 15) is 4.79 Å². The second kappa shape index (κ2) is 4.49. The van der Waals surface area contributed by atoms with Crippen molar-refractivity contribution >= 4 is 16.9 Å². The maximum atomic E-state index is 11.8. The fraction of sp³-hybridized carbons (Fsp3) is 0.308. The largest absolute Gasteiger partial charge is 0.462 e. The quantitative estimate of drug-likeness (QED) is 0.886. The van der Waals surface area contributed by atoms with E-state index in [1.165, 1.54) is 0 Å². The molecule has 90 valence electrons. The summed E-state index contributed by atoms with van der Waals surface area (Å²) in [5.41, 5.74) is 1.11. The number of amides is 1. The molecule has 0 aliphatic heterocycles. The van der Waals surface area contributed by atoms with E-state index in [-0.39, 0.29) is 18.0 Å². The molecule has 4 heteroatoms. The molecule has 1 aromatic carbocycles. The van der Waals surface area contributed by atoms with Gasteiger partial charge in [0.05, 0.1) is 6.10 Å². The molecule has 1 heterocycles. The molecule has 0 aliphatic rings. The highest BCUT2D eigenvalue weighted by Crippen LogP contribution is 2.32. The molecule has 0 atom stereocenters. The summed E-state index contributed by atoms with van der Waals surface area (Å²) < 4.78 is 11.1. The molecule has 2 aromatic rings. The van der Waals surface area contributed by atoms with Crippen LogP contribution in [0, 0.1) is 0 Å². The predicted octanol–water partition coefficient (Wildman–Crippen LogP) is 2.58. The average Bonchev–Trinajstić information content (AvgIpc) is 2.65. The second-order valence-electron chi connectivity index (χ2n) is 4.01. The summed E-state index contributed by atoms with van der Waals surface area (Å²) in [6.45, 7) is 3.78. The van der Waals surface area contributed by atoms with Crippen LogP contribution in [-0.4, -0.2) is 19.1 Å². The molecule has 1 aromatic heterocycles. The van der Waals surface area contributed by atoms with Gasteiger partial charge in [-0.1, -0.05) is 18.2 Å². The van der Waals surface area contributed by atoms with Gasteiger partial charge in [-0.3, -0.25) is 4.79 Å². The van der Waals surface area contributed by atoms with Crippen molar-refractivity contribution in [2.75, 3.05) is 7.05 Å². The van der Waals surface area contributed by atoms with Gasteiger partial charge >= 0.3 is 0 Å². The predicted molar refractivity (Wildman–Crippen MR) is 65.4 cm³/mol. The van der Waals surface area contributed by atoms with Crippen molar-refractivity contribution in [3.05, 3.63) is 29.8 Å². The van der Waals surface area contributed by atoms with Crippen molar-refractivity contribution in [3.63, 3.8) is 0 Å². The van der Waals surface area contributed by atoms with E-state index in [0.717, 1.165) is 5.39 Å². The average molecular weight is 233 g/mol. The zero-order chi connectivity index (χ0) is 12.4. The van der Waals surface area contributed by atoms with Gasteiger partial charge in [-0.05, 0) is 19.9 Å². The zero-order valence-corrected chi connectivity index (χ0v) is 10.1. The lowest BCUT2D eigenvalue weighted by Crippen LogP contribution is -2.19. The fourth-order valence-electron chi connectivity index (χ4n) is 1.66. The van der Waals surface area contributed by atoms with E-state index in [2.05, 4.69) is 5.32 Å². The molecule has 2 rings (SSSR count). The first-order valence-corrected chi connectivity index (χ1v) is 5.53. The number of ether oxygens (including phenoxy) is 1. The molecule has 0 saturated carbocycles. The minimum absolute atomic E-state index is 0.0426. The van der Waals surface area contributed by atoms with Gasteiger partial charge in [0.25, 0.3) is 11.9 Å². The standard InChI is InChI=1S/C13H15NO3/c1-8(2)16-13-11(12(15)14-3)9-6-4-5-7-10(9)17-13/h4-8H,1-3H3,(H,14,15). The van der Waals surface area contributed by atoms with Gasteiger partial charge < -0.3 is 14.5 Å². The Morgan fingerprint density at radius 3 is 2.71 bits per heavy atom. The Balaban J connectivity index is 2.60. The Labute approximate surface area is 99.6 Å². The number of carbonyl (C=O) groups is 1. The number of furan rings is 1. The summed E-state index contributed by atoms with van der Waals surface area (Å²) in [4.78, 5) is 11.8. The number of carbonyl (C=O) groups excluding carboxylic acids is 1. The summed E-state index contributed by atoms with van der Waals surface area (Å²) in [7, 11) is 1.59. The molecular weight excluding hydrogens is 218 g/mol. The van der Waals surface area contributed by atoms with Crippen LogP contribution in [0.15, 0.2) is 28.7 Å². The summed E-state index contributed by atoms with van der Waals surface area (Å²) >= 11 is 0. The maximum absolute atomic E-state index is 11.8. The number of rotatable bonds is 3. The van der Waals surface area contributed by atoms with Crippen molar-refractivity contribution in [2.24, 2.45) is 0 Å². The van der Waals surface area contributed by atoms with Crippen molar-refractivity contribution in [3.8, 4) is 5.95 Å². The highest BCUT2D eigenvalue weighted by atomic mass is 16.6. The first-order chi connectivity index (χ1) is 8.13. The van der Waals surface area contributed by atoms with E-state index in [4.69, 9.17) is 9.15 Å². The molecule has 1 N–H and O–H groups in total. The summed E-state index contributed by atoms with van der Waals surface area (Å²) in [5, 5.41) is 3.36. The van der Waals surface area contributed by atoms with E-state index < -0.39 is 0 Å². The Hall–Kier alpha value is -1.97. The Morgan fingerprint density at radius 2 is 2.06 bits per heavy atom. The van der Waals surface area contributed by atoms with Crippen LogP contribution < -0.4 is 10.1 Å². The molecule has 0 bridgehead atoms. The number of benzene rings is 1. The molecule has 0 aliphatic carbocycles. The molecule has 0 unspecified atom stereocenters. The van der Waals surface area contributed by atoms with Crippen LogP contribution in [0.3, 0.4) is 0 Å². The van der Waals surface area contributed by atoms with Gasteiger partial charge in [0, 0.05) is 12.4 Å². The van der Waals surface area contributed by atoms with Gasteiger partial charge in [0.2, 0.25) is 0 Å². The number of fused-ring (bicyclic) bond motifs is 1. The van der Waals surface area contributed by atoms with Crippen molar-refractivity contribution in [1.29, 1.82) is 0 Å². The van der Waals surface area contributed by atoms with E-state index in [1.54, 1.807) is 7.05 Å². The lowest BCUT2D eigenvalue weighted by atomic mass is 10.1. The minimum Gasteiger partial charge on any atom is -0.462 e. The van der Waals surface area contributed by atoms with E-state index in [1.807, 2.05) is 38.1 Å². The van der Waals surface area contributed by atoms with Crippen LogP contribution in [-0.2, 0) is 0 Å². The lowest BCUT2D eigenvalue weighted by Gasteiger charge is -2.07. The second-order valence-corrected chi connectivity index (χ2v) is 4.01. The molecule has 0 radical (unpaired) electrons. The van der Waals surface area contributed by atoms with Crippen molar-refractivity contribution < 1.29 is 13.9 Å². The third-order valence-corrected chi connectivity index (χ3v) is 2.36. The zero-order valence-electron chi connectivity index (χ0n) is 10.1. The Kier molecular flexibility index (Phi) is 3.04. The molecule has 17 heavy (non-hydrogen) atoms. The Bertz CT molecular complexity index is 543. The third-order valence-electron chi connectivity index (χ3n) is 2.36. The monoisotopic (exact) mass is 233 g/mol. The fourth-order valence-corrected chi connectivity index (χ4v) is 1.66. The first kappa shape index (κ1) is 11.5. The summed E-state index contributed by atoms with van der Waals surface area (Å²) in [5.74, 6) is 0.0751. The first-order valence-electron chi connectivity index (χ1n) is 5.53.